The van der Waals surface area contributed by atoms with E-state index in [1.54, 1.807) is 0 Å². The molecule has 0 N–H and O–H groups in total. The SMILES string of the molecule is Cc1ccc(C(C#N)C2C=CN(C)c3ccccc32)cc1. The van der Waals surface area contributed by atoms with Crippen molar-refractivity contribution in [3.63, 3.8) is 0 Å². The van der Waals surface area contributed by atoms with Gasteiger partial charge in [-0.25, -0.2) is 0 Å². The molecule has 0 bridgehead atoms. The minimum absolute atomic E-state index is 0.102. The quantitative estimate of drug-likeness (QED) is 0.814. The standard InChI is InChI=1S/C19H18N2/c1-14-7-9-15(10-8-14)18(13-20)16-11-12-21(2)19-6-4-3-5-17(16)19/h3-12,16,18H,1-2H3. The minimum Gasteiger partial charge on any atom is -0.351 e. The number of fused-ring (bicyclic) bond motifs is 1. The van der Waals surface area contributed by atoms with Crippen molar-refractivity contribution in [3.05, 3.63) is 77.5 Å². The average molecular weight is 274 g/mol. The summed E-state index contributed by atoms with van der Waals surface area (Å²) in [5.41, 5.74) is 4.69. The molecule has 0 saturated carbocycles. The van der Waals surface area contributed by atoms with Gasteiger partial charge in [-0.05, 0) is 24.1 Å². The Labute approximate surface area is 126 Å². The molecule has 1 aliphatic heterocycles. The van der Waals surface area contributed by atoms with Crippen LogP contribution in [0.15, 0.2) is 60.8 Å². The lowest BCUT2D eigenvalue weighted by molar-refractivity contribution is 0.736. The zero-order chi connectivity index (χ0) is 14.8. The second-order valence-corrected chi connectivity index (χ2v) is 5.55. The molecule has 2 atom stereocenters. The van der Waals surface area contributed by atoms with Crippen molar-refractivity contribution in [2.75, 3.05) is 11.9 Å². The zero-order valence-corrected chi connectivity index (χ0v) is 12.3. The van der Waals surface area contributed by atoms with Gasteiger partial charge in [0.25, 0.3) is 0 Å². The number of allylic oxidation sites excluding steroid dienone is 1. The Morgan fingerprint density at radius 3 is 2.52 bits per heavy atom. The van der Waals surface area contributed by atoms with Crippen LogP contribution >= 0.6 is 0 Å². The largest absolute Gasteiger partial charge is 0.351 e. The zero-order valence-electron chi connectivity index (χ0n) is 12.3. The van der Waals surface area contributed by atoms with Crippen molar-refractivity contribution >= 4 is 5.69 Å². The molecule has 21 heavy (non-hydrogen) atoms. The van der Waals surface area contributed by atoms with Crippen molar-refractivity contribution in [1.29, 1.82) is 5.26 Å². The number of para-hydroxylation sites is 1. The lowest BCUT2D eigenvalue weighted by Crippen LogP contribution is -2.20. The highest BCUT2D eigenvalue weighted by Gasteiger charge is 2.27. The van der Waals surface area contributed by atoms with Crippen LogP contribution in [-0.2, 0) is 0 Å². The molecule has 0 aliphatic carbocycles. The van der Waals surface area contributed by atoms with Crippen molar-refractivity contribution in [1.82, 2.24) is 0 Å². The molecule has 0 spiro atoms. The van der Waals surface area contributed by atoms with Crippen LogP contribution in [0.4, 0.5) is 5.69 Å². The molecule has 2 nitrogen and oxygen atoms in total. The van der Waals surface area contributed by atoms with Gasteiger partial charge in [0.05, 0.1) is 12.0 Å². The van der Waals surface area contributed by atoms with Gasteiger partial charge in [-0.1, -0.05) is 54.1 Å². The van der Waals surface area contributed by atoms with Crippen LogP contribution in [0, 0.1) is 18.3 Å². The van der Waals surface area contributed by atoms with Crippen molar-refractivity contribution < 1.29 is 0 Å². The molecule has 1 aliphatic rings. The van der Waals surface area contributed by atoms with Crippen LogP contribution in [0.5, 0.6) is 0 Å². The van der Waals surface area contributed by atoms with Crippen molar-refractivity contribution in [2.45, 2.75) is 18.8 Å². The monoisotopic (exact) mass is 274 g/mol. The number of nitriles is 1. The molecule has 2 heteroatoms. The third-order valence-corrected chi connectivity index (χ3v) is 4.13. The first kappa shape index (κ1) is 13.5. The molecule has 0 radical (unpaired) electrons. The van der Waals surface area contributed by atoms with Crippen LogP contribution in [-0.4, -0.2) is 7.05 Å². The summed E-state index contributed by atoms with van der Waals surface area (Å²) in [6.45, 7) is 2.07. The number of hydrogen-bond acceptors (Lipinski definition) is 2. The Balaban J connectivity index is 2.04. The maximum absolute atomic E-state index is 9.70. The van der Waals surface area contributed by atoms with Gasteiger partial charge in [0.2, 0.25) is 0 Å². The fourth-order valence-electron chi connectivity index (χ4n) is 2.92. The van der Waals surface area contributed by atoms with Crippen LogP contribution in [0.3, 0.4) is 0 Å². The summed E-state index contributed by atoms with van der Waals surface area (Å²) < 4.78 is 0. The predicted octanol–water partition coefficient (Wildman–Crippen LogP) is 4.35. The van der Waals surface area contributed by atoms with E-state index in [0.717, 1.165) is 5.56 Å². The normalized spacial score (nSPS) is 18.0. The summed E-state index contributed by atoms with van der Waals surface area (Å²) in [5, 5.41) is 9.70. The van der Waals surface area contributed by atoms with E-state index < -0.39 is 0 Å². The molecule has 3 rings (SSSR count). The number of nitrogens with zero attached hydrogens (tertiary/aromatic N) is 2. The van der Waals surface area contributed by atoms with Crippen molar-refractivity contribution in [3.8, 4) is 6.07 Å². The highest BCUT2D eigenvalue weighted by atomic mass is 15.1. The second-order valence-electron chi connectivity index (χ2n) is 5.55. The Hall–Kier alpha value is -2.53. The summed E-state index contributed by atoms with van der Waals surface area (Å²) in [5.74, 6) is -0.0539. The summed E-state index contributed by atoms with van der Waals surface area (Å²) in [7, 11) is 2.04. The summed E-state index contributed by atoms with van der Waals surface area (Å²) in [4.78, 5) is 2.11. The molecule has 2 aromatic carbocycles. The lowest BCUT2D eigenvalue weighted by atomic mass is 9.80. The van der Waals surface area contributed by atoms with E-state index in [0.29, 0.717) is 0 Å². The number of hydrogen-bond donors (Lipinski definition) is 0. The van der Waals surface area contributed by atoms with Crippen molar-refractivity contribution in [2.24, 2.45) is 0 Å². The number of rotatable bonds is 2. The maximum atomic E-state index is 9.70. The van der Waals surface area contributed by atoms with Crippen LogP contribution in [0.1, 0.15) is 28.5 Å². The molecule has 2 unspecified atom stereocenters. The first-order valence-corrected chi connectivity index (χ1v) is 7.17. The Morgan fingerprint density at radius 2 is 1.81 bits per heavy atom. The third kappa shape index (κ3) is 2.43. The van der Waals surface area contributed by atoms with Gasteiger partial charge >= 0.3 is 0 Å². The number of aryl methyl sites for hydroxylation is 1. The van der Waals surface area contributed by atoms with Gasteiger partial charge in [0, 0.05) is 24.9 Å². The van der Waals surface area contributed by atoms with Crippen LogP contribution in [0.2, 0.25) is 0 Å². The second kappa shape index (κ2) is 5.46. The Bertz CT molecular complexity index is 707. The average Bonchev–Trinajstić information content (AvgIpc) is 2.52. The van der Waals surface area contributed by atoms with E-state index in [1.165, 1.54) is 16.8 Å². The topological polar surface area (TPSA) is 27.0 Å². The van der Waals surface area contributed by atoms with E-state index in [1.807, 2.05) is 19.2 Å². The number of anilines is 1. The summed E-state index contributed by atoms with van der Waals surface area (Å²) >= 11 is 0. The highest BCUT2D eigenvalue weighted by molar-refractivity contribution is 5.61. The van der Waals surface area contributed by atoms with Gasteiger partial charge in [0.1, 0.15) is 0 Å². The lowest BCUT2D eigenvalue weighted by Gasteiger charge is -2.30. The van der Waals surface area contributed by atoms with E-state index in [9.17, 15) is 5.26 Å². The molecule has 1 heterocycles. The minimum atomic E-state index is -0.156. The highest BCUT2D eigenvalue weighted by Crippen LogP contribution is 2.41. The van der Waals surface area contributed by atoms with Crippen LogP contribution in [0.25, 0.3) is 0 Å². The maximum Gasteiger partial charge on any atom is 0.0817 e. The first-order chi connectivity index (χ1) is 10.2. The van der Waals surface area contributed by atoms with Gasteiger partial charge in [0.15, 0.2) is 0 Å². The van der Waals surface area contributed by atoms with E-state index in [4.69, 9.17) is 0 Å². The van der Waals surface area contributed by atoms with Crippen LogP contribution < -0.4 is 4.90 Å². The molecular weight excluding hydrogens is 256 g/mol. The molecule has 0 aromatic heterocycles. The number of benzene rings is 2. The molecule has 0 saturated heterocycles. The smallest absolute Gasteiger partial charge is 0.0817 e. The van der Waals surface area contributed by atoms with Gasteiger partial charge in [-0.3, -0.25) is 0 Å². The Kier molecular flexibility index (Phi) is 3.50. The van der Waals surface area contributed by atoms with E-state index in [-0.39, 0.29) is 11.8 Å². The fourth-order valence-corrected chi connectivity index (χ4v) is 2.92. The first-order valence-electron chi connectivity index (χ1n) is 7.17. The molecule has 2 aromatic rings. The van der Waals surface area contributed by atoms with Gasteiger partial charge < -0.3 is 4.90 Å². The summed E-state index contributed by atoms with van der Waals surface area (Å²) in [6.07, 6.45) is 4.20. The predicted molar refractivity (Wildman–Crippen MR) is 86.3 cm³/mol. The van der Waals surface area contributed by atoms with E-state index in [2.05, 4.69) is 66.6 Å². The Morgan fingerprint density at radius 1 is 1.10 bits per heavy atom. The molecular formula is C19H18N2. The van der Waals surface area contributed by atoms with E-state index >= 15 is 0 Å². The van der Waals surface area contributed by atoms with Gasteiger partial charge in [-0.15, -0.1) is 0 Å². The molecule has 0 amide bonds. The van der Waals surface area contributed by atoms with Gasteiger partial charge in [-0.2, -0.15) is 5.26 Å². The molecule has 104 valence electrons. The fraction of sp³-hybridized carbons (Fsp3) is 0.211. The third-order valence-electron chi connectivity index (χ3n) is 4.13. The molecule has 0 fully saturated rings. The summed E-state index contributed by atoms with van der Waals surface area (Å²) in [6, 6.07) is 19.1.